The minimum atomic E-state index is -3.72. The van der Waals surface area contributed by atoms with Crippen molar-refractivity contribution in [2.24, 2.45) is 0 Å². The predicted octanol–water partition coefficient (Wildman–Crippen LogP) is 3.31. The zero-order valence-corrected chi connectivity index (χ0v) is 14.8. The van der Waals surface area contributed by atoms with Gasteiger partial charge in [0.25, 0.3) is 0 Å². The molecule has 132 valence electrons. The Morgan fingerprint density at radius 1 is 1.12 bits per heavy atom. The number of halogens is 1. The van der Waals surface area contributed by atoms with Crippen LogP contribution in [0.15, 0.2) is 52.3 Å². The van der Waals surface area contributed by atoms with Crippen LogP contribution in [0.4, 0.5) is 10.1 Å². The van der Waals surface area contributed by atoms with Crippen LogP contribution in [0.5, 0.6) is 0 Å². The zero-order chi connectivity index (χ0) is 17.6. The van der Waals surface area contributed by atoms with Crippen LogP contribution in [0.2, 0.25) is 0 Å². The molecule has 0 aliphatic carbocycles. The molecule has 4 rings (SSSR count). The number of anilines is 1. The average Bonchev–Trinajstić information content (AvgIpc) is 2.80. The number of fused-ring (bicyclic) bond motifs is 3. The molecule has 2 aromatic rings. The summed E-state index contributed by atoms with van der Waals surface area (Å²) < 4.78 is 39.2. The highest BCUT2D eigenvalue weighted by atomic mass is 32.2. The molecule has 0 amide bonds. The van der Waals surface area contributed by atoms with Gasteiger partial charge >= 0.3 is 0 Å². The molecule has 1 saturated heterocycles. The average molecular weight is 360 g/mol. The van der Waals surface area contributed by atoms with Gasteiger partial charge in [-0.05, 0) is 68.3 Å². The maximum atomic E-state index is 13.5. The van der Waals surface area contributed by atoms with E-state index in [1.165, 1.54) is 18.2 Å². The van der Waals surface area contributed by atoms with Gasteiger partial charge in [-0.3, -0.25) is 0 Å². The molecule has 0 radical (unpaired) electrons. The van der Waals surface area contributed by atoms with Gasteiger partial charge in [0.2, 0.25) is 9.84 Å². The summed E-state index contributed by atoms with van der Waals surface area (Å²) in [6, 6.07) is 11.2. The van der Waals surface area contributed by atoms with E-state index in [0.29, 0.717) is 18.0 Å². The van der Waals surface area contributed by atoms with E-state index in [2.05, 4.69) is 17.6 Å². The Hall–Kier alpha value is -1.92. The maximum Gasteiger partial charge on any atom is 0.206 e. The summed E-state index contributed by atoms with van der Waals surface area (Å²) in [6.07, 6.45) is 1.98. The van der Waals surface area contributed by atoms with Crippen molar-refractivity contribution in [2.45, 2.75) is 47.6 Å². The number of benzene rings is 2. The smallest absolute Gasteiger partial charge is 0.206 e. The Kier molecular flexibility index (Phi) is 4.04. The molecule has 6 heteroatoms. The van der Waals surface area contributed by atoms with E-state index < -0.39 is 15.7 Å². The summed E-state index contributed by atoms with van der Waals surface area (Å²) in [7, 11) is -3.72. The zero-order valence-electron chi connectivity index (χ0n) is 14.0. The number of hydrogen-bond donors (Lipinski definition) is 2. The lowest BCUT2D eigenvalue weighted by molar-refractivity contribution is 0.521. The topological polar surface area (TPSA) is 58.2 Å². The third kappa shape index (κ3) is 2.93. The van der Waals surface area contributed by atoms with Crippen LogP contribution in [0.3, 0.4) is 0 Å². The minimum absolute atomic E-state index is 0.00823. The van der Waals surface area contributed by atoms with Crippen molar-refractivity contribution in [3.8, 4) is 0 Å². The third-order valence-corrected chi connectivity index (χ3v) is 6.97. The summed E-state index contributed by atoms with van der Waals surface area (Å²) in [6.45, 7) is 3.09. The van der Waals surface area contributed by atoms with Gasteiger partial charge in [-0.15, -0.1) is 0 Å². The normalized spacial score (nSPS) is 25.6. The van der Waals surface area contributed by atoms with Crippen LogP contribution in [0.25, 0.3) is 0 Å². The van der Waals surface area contributed by atoms with Crippen molar-refractivity contribution < 1.29 is 12.8 Å². The highest BCUT2D eigenvalue weighted by Gasteiger charge is 2.35. The predicted molar refractivity (Wildman–Crippen MR) is 95.1 cm³/mol. The lowest BCUT2D eigenvalue weighted by atomic mass is 9.90. The summed E-state index contributed by atoms with van der Waals surface area (Å²) in [5.41, 5.74) is 2.07. The molecule has 2 aliphatic heterocycles. The van der Waals surface area contributed by atoms with E-state index in [1.54, 1.807) is 12.1 Å². The second kappa shape index (κ2) is 6.11. The van der Waals surface area contributed by atoms with Crippen LogP contribution in [0.1, 0.15) is 31.2 Å². The highest BCUT2D eigenvalue weighted by Crippen LogP contribution is 2.42. The first-order valence-electron chi connectivity index (χ1n) is 8.59. The number of rotatable bonds is 2. The van der Waals surface area contributed by atoms with E-state index in [4.69, 9.17) is 0 Å². The van der Waals surface area contributed by atoms with E-state index in [0.717, 1.165) is 36.7 Å². The first-order chi connectivity index (χ1) is 11.9. The highest BCUT2D eigenvalue weighted by molar-refractivity contribution is 7.91. The van der Waals surface area contributed by atoms with Gasteiger partial charge in [0.15, 0.2) is 0 Å². The molecule has 4 nitrogen and oxygen atoms in total. The quantitative estimate of drug-likeness (QED) is 0.863. The molecule has 2 heterocycles. The molecule has 0 bridgehead atoms. The molecule has 0 spiro atoms. The number of sulfone groups is 1. The van der Waals surface area contributed by atoms with Crippen LogP contribution in [-0.4, -0.2) is 27.0 Å². The molecule has 25 heavy (non-hydrogen) atoms. The Morgan fingerprint density at radius 2 is 1.92 bits per heavy atom. The molecule has 2 aromatic carbocycles. The van der Waals surface area contributed by atoms with Crippen LogP contribution >= 0.6 is 0 Å². The molecule has 2 N–H and O–H groups in total. The first kappa shape index (κ1) is 16.5. The Morgan fingerprint density at radius 3 is 2.72 bits per heavy atom. The first-order valence-corrected chi connectivity index (χ1v) is 10.1. The Labute approximate surface area is 147 Å². The lowest BCUT2D eigenvalue weighted by Crippen LogP contribution is -2.28. The monoisotopic (exact) mass is 360 g/mol. The summed E-state index contributed by atoms with van der Waals surface area (Å²) in [5.74, 6) is -0.247. The Bertz CT molecular complexity index is 913. The van der Waals surface area contributed by atoms with Gasteiger partial charge in [0, 0.05) is 23.7 Å². The van der Waals surface area contributed by atoms with Gasteiger partial charge in [-0.2, -0.15) is 0 Å². The van der Waals surface area contributed by atoms with Crippen LogP contribution in [0, 0.1) is 5.82 Å². The van der Waals surface area contributed by atoms with Gasteiger partial charge in [-0.1, -0.05) is 6.07 Å². The molecule has 3 atom stereocenters. The number of nitrogens with one attached hydrogen (secondary N) is 2. The van der Waals surface area contributed by atoms with Gasteiger partial charge in [0.1, 0.15) is 5.82 Å². The van der Waals surface area contributed by atoms with Crippen LogP contribution < -0.4 is 10.6 Å². The van der Waals surface area contributed by atoms with E-state index >= 15 is 0 Å². The van der Waals surface area contributed by atoms with Crippen molar-refractivity contribution in [3.05, 3.63) is 53.8 Å². The van der Waals surface area contributed by atoms with Crippen molar-refractivity contribution in [2.75, 3.05) is 11.9 Å². The molecule has 2 unspecified atom stereocenters. The standard InChI is InChI=1S/C19H21FN2O2S/c1-12-9-19-16(7-8-21-12)17-11-15(5-6-18(17)22-19)25(23,24)14-4-2-3-13(20)10-14/h2-6,10-12,16,19,21-22H,7-9H2,1H3/t12?,16-,19?/m1/s1. The van der Waals surface area contributed by atoms with E-state index in [-0.39, 0.29) is 9.79 Å². The van der Waals surface area contributed by atoms with Gasteiger partial charge in [-0.25, -0.2) is 12.8 Å². The van der Waals surface area contributed by atoms with E-state index in [9.17, 15) is 12.8 Å². The minimum Gasteiger partial charge on any atom is -0.381 e. The fourth-order valence-electron chi connectivity index (χ4n) is 3.96. The second-order valence-corrected chi connectivity index (χ2v) is 8.90. The van der Waals surface area contributed by atoms with Crippen molar-refractivity contribution >= 4 is 15.5 Å². The SMILES string of the molecule is CC1CC2Nc3ccc(S(=O)(=O)c4cccc(F)c4)cc3[C@H]2CCN1. The van der Waals surface area contributed by atoms with Gasteiger partial charge < -0.3 is 10.6 Å². The fraction of sp³-hybridized carbons (Fsp3) is 0.368. The summed E-state index contributed by atoms with van der Waals surface area (Å²) >= 11 is 0. The third-order valence-electron chi connectivity index (χ3n) is 5.22. The Balaban J connectivity index is 1.73. The van der Waals surface area contributed by atoms with Gasteiger partial charge in [0.05, 0.1) is 9.79 Å². The second-order valence-electron chi connectivity index (χ2n) is 6.95. The molecule has 0 saturated carbocycles. The molecular weight excluding hydrogens is 339 g/mol. The molecule has 2 aliphatic rings. The molecular formula is C19H21FN2O2S. The van der Waals surface area contributed by atoms with E-state index in [1.807, 2.05) is 6.07 Å². The van der Waals surface area contributed by atoms with Crippen molar-refractivity contribution in [1.82, 2.24) is 5.32 Å². The lowest BCUT2D eigenvalue weighted by Gasteiger charge is -2.18. The van der Waals surface area contributed by atoms with Crippen LogP contribution in [-0.2, 0) is 9.84 Å². The molecule has 1 fully saturated rings. The van der Waals surface area contributed by atoms with Crippen molar-refractivity contribution in [1.29, 1.82) is 0 Å². The largest absolute Gasteiger partial charge is 0.381 e. The number of hydrogen-bond acceptors (Lipinski definition) is 4. The van der Waals surface area contributed by atoms with Crippen molar-refractivity contribution in [3.63, 3.8) is 0 Å². The summed E-state index contributed by atoms with van der Waals surface area (Å²) in [5, 5.41) is 7.02. The fourth-order valence-corrected chi connectivity index (χ4v) is 5.29. The molecule has 0 aromatic heterocycles. The summed E-state index contributed by atoms with van der Waals surface area (Å²) in [4.78, 5) is 0.218. The maximum absolute atomic E-state index is 13.5.